The van der Waals surface area contributed by atoms with E-state index in [2.05, 4.69) is 11.4 Å². The fourth-order valence-electron chi connectivity index (χ4n) is 4.76. The van der Waals surface area contributed by atoms with Gasteiger partial charge in [-0.15, -0.1) is 0 Å². The molecule has 0 fully saturated rings. The molecule has 7 heteroatoms. The first-order valence-corrected chi connectivity index (χ1v) is 12.7. The second-order valence-corrected chi connectivity index (χ2v) is 11.4. The lowest BCUT2D eigenvalue weighted by molar-refractivity contribution is -0.123. The quantitative estimate of drug-likeness (QED) is 0.449. The molecule has 200 valence electrons. The molecule has 0 saturated carbocycles. The summed E-state index contributed by atoms with van der Waals surface area (Å²) in [4.78, 5) is 32.7. The Morgan fingerprint density at radius 2 is 1.34 bits per heavy atom. The van der Waals surface area contributed by atoms with Crippen LogP contribution < -0.4 is 20.0 Å². The van der Waals surface area contributed by atoms with Crippen molar-refractivity contribution in [1.82, 2.24) is 0 Å². The Labute approximate surface area is 226 Å². The molecule has 0 saturated heterocycles. The van der Waals surface area contributed by atoms with Gasteiger partial charge >= 0.3 is 5.97 Å². The van der Waals surface area contributed by atoms with E-state index in [0.29, 0.717) is 16.8 Å². The molecule has 4 rings (SSSR count). The van der Waals surface area contributed by atoms with Crippen molar-refractivity contribution in [2.45, 2.75) is 26.4 Å². The minimum Gasteiger partial charge on any atom is -0.440 e. The number of anilines is 4. The van der Waals surface area contributed by atoms with E-state index in [1.807, 2.05) is 126 Å². The molecule has 1 aliphatic heterocycles. The molecule has 1 atom stereocenters. The van der Waals surface area contributed by atoms with Crippen molar-refractivity contribution >= 4 is 34.6 Å². The first kappa shape index (κ1) is 27.0. The number of cyclic esters (lactones) is 1. The summed E-state index contributed by atoms with van der Waals surface area (Å²) < 4.78 is 6.45. The smallest absolute Gasteiger partial charge is 0.340 e. The maximum Gasteiger partial charge on any atom is 0.340 e. The van der Waals surface area contributed by atoms with Crippen LogP contribution in [0.4, 0.5) is 22.7 Å². The number of benzene rings is 3. The van der Waals surface area contributed by atoms with Gasteiger partial charge in [0.05, 0.1) is 11.3 Å². The Kier molecular flexibility index (Phi) is 6.91. The van der Waals surface area contributed by atoms with Gasteiger partial charge in [0.25, 0.3) is 0 Å². The summed E-state index contributed by atoms with van der Waals surface area (Å²) in [6.07, 6.45) is 0. The average molecular weight is 515 g/mol. The number of hydrogen-bond acceptors (Lipinski definition) is 6. The van der Waals surface area contributed by atoms with E-state index in [1.165, 1.54) is 0 Å². The molecule has 3 aromatic rings. The van der Waals surface area contributed by atoms with E-state index < -0.39 is 17.0 Å². The van der Waals surface area contributed by atoms with Crippen molar-refractivity contribution in [2.75, 3.05) is 62.3 Å². The third-order valence-electron chi connectivity index (χ3n) is 6.96. The Balaban J connectivity index is 2.11. The number of amides is 1. The van der Waals surface area contributed by atoms with Crippen LogP contribution in [0.25, 0.3) is 0 Å². The molecule has 3 aromatic carbocycles. The van der Waals surface area contributed by atoms with Gasteiger partial charge in [-0.2, -0.15) is 0 Å². The summed E-state index contributed by atoms with van der Waals surface area (Å²) in [7, 11) is 11.9. The number of carbonyl (C=O) groups excluding carboxylic acids is 2. The SMILES string of the molecule is CN(C)c1ccc(C2(c3ccc(N(C)C)cc3N(C)C)OC(=O)c3ccccc32)c(NC(=O)C(C)(C)C)c1. The van der Waals surface area contributed by atoms with Crippen molar-refractivity contribution in [3.8, 4) is 0 Å². The van der Waals surface area contributed by atoms with E-state index in [-0.39, 0.29) is 5.91 Å². The normalized spacial score (nSPS) is 16.5. The van der Waals surface area contributed by atoms with Crippen LogP contribution in [0, 0.1) is 5.41 Å². The van der Waals surface area contributed by atoms with Crippen LogP contribution in [0.3, 0.4) is 0 Å². The minimum atomic E-state index is -1.27. The van der Waals surface area contributed by atoms with Gasteiger partial charge in [0.1, 0.15) is 0 Å². The van der Waals surface area contributed by atoms with Gasteiger partial charge in [-0.1, -0.05) is 51.1 Å². The molecule has 1 unspecified atom stereocenters. The number of nitrogens with zero attached hydrogens (tertiary/aromatic N) is 3. The molecule has 1 heterocycles. The molecule has 0 bridgehead atoms. The lowest BCUT2D eigenvalue weighted by atomic mass is 9.77. The largest absolute Gasteiger partial charge is 0.440 e. The van der Waals surface area contributed by atoms with Crippen molar-refractivity contribution in [3.05, 3.63) is 82.9 Å². The Morgan fingerprint density at radius 3 is 1.92 bits per heavy atom. The van der Waals surface area contributed by atoms with Crippen molar-refractivity contribution in [3.63, 3.8) is 0 Å². The van der Waals surface area contributed by atoms with Crippen molar-refractivity contribution < 1.29 is 14.3 Å². The zero-order valence-electron chi connectivity index (χ0n) is 23.8. The van der Waals surface area contributed by atoms with Crippen LogP contribution in [0.1, 0.15) is 47.8 Å². The van der Waals surface area contributed by atoms with Crippen LogP contribution in [0.2, 0.25) is 0 Å². The molecular formula is C31H38N4O3. The van der Waals surface area contributed by atoms with Gasteiger partial charge in [-0.25, -0.2) is 4.79 Å². The van der Waals surface area contributed by atoms with E-state index in [1.54, 1.807) is 6.07 Å². The maximum atomic E-state index is 13.4. The van der Waals surface area contributed by atoms with Crippen LogP contribution >= 0.6 is 0 Å². The van der Waals surface area contributed by atoms with E-state index >= 15 is 0 Å². The number of esters is 1. The predicted molar refractivity (Wildman–Crippen MR) is 156 cm³/mol. The number of carbonyl (C=O) groups is 2. The van der Waals surface area contributed by atoms with E-state index in [9.17, 15) is 9.59 Å². The molecule has 1 amide bonds. The summed E-state index contributed by atoms with van der Waals surface area (Å²) >= 11 is 0. The third-order valence-corrected chi connectivity index (χ3v) is 6.96. The molecule has 1 N–H and O–H groups in total. The maximum absolute atomic E-state index is 13.4. The van der Waals surface area contributed by atoms with Crippen LogP contribution in [-0.4, -0.2) is 54.2 Å². The van der Waals surface area contributed by atoms with Gasteiger partial charge < -0.3 is 24.8 Å². The lowest BCUT2D eigenvalue weighted by Gasteiger charge is -2.36. The Hall–Kier alpha value is -4.00. The molecular weight excluding hydrogens is 476 g/mol. The Morgan fingerprint density at radius 1 is 0.763 bits per heavy atom. The summed E-state index contributed by atoms with van der Waals surface area (Å²) in [5.41, 5.74) is 4.32. The highest BCUT2D eigenvalue weighted by molar-refractivity contribution is 5.99. The highest BCUT2D eigenvalue weighted by atomic mass is 16.6. The van der Waals surface area contributed by atoms with E-state index in [0.717, 1.165) is 28.2 Å². The molecule has 0 radical (unpaired) electrons. The average Bonchev–Trinajstić information content (AvgIpc) is 3.16. The van der Waals surface area contributed by atoms with Gasteiger partial charge in [-0.05, 0) is 30.3 Å². The number of rotatable bonds is 6. The highest BCUT2D eigenvalue weighted by Crippen LogP contribution is 2.52. The minimum absolute atomic E-state index is 0.127. The van der Waals surface area contributed by atoms with Gasteiger partial charge in [-0.3, -0.25) is 4.79 Å². The van der Waals surface area contributed by atoms with Gasteiger partial charge in [0.2, 0.25) is 5.91 Å². The lowest BCUT2D eigenvalue weighted by Crippen LogP contribution is -2.35. The first-order chi connectivity index (χ1) is 17.8. The first-order valence-electron chi connectivity index (χ1n) is 12.7. The standard InChI is InChI=1S/C31H38N4O3/c1-30(2,3)29(37)32-26-18-20(33(4)5)14-16-24(26)31(23-13-11-10-12-22(23)28(36)38-31)25-17-15-21(34(6)7)19-27(25)35(8)9/h10-19H,1-9H3,(H,32,37). The number of hydrogen-bond donors (Lipinski definition) is 1. The molecule has 38 heavy (non-hydrogen) atoms. The molecule has 0 spiro atoms. The fraction of sp³-hybridized carbons (Fsp3) is 0.355. The van der Waals surface area contributed by atoms with Crippen molar-refractivity contribution in [1.29, 1.82) is 0 Å². The third kappa shape index (κ3) is 4.57. The van der Waals surface area contributed by atoms with Crippen molar-refractivity contribution in [2.24, 2.45) is 5.41 Å². The molecule has 7 nitrogen and oxygen atoms in total. The summed E-state index contributed by atoms with van der Waals surface area (Å²) in [5, 5.41) is 3.16. The van der Waals surface area contributed by atoms with Gasteiger partial charge in [0.15, 0.2) is 5.60 Å². The fourth-order valence-corrected chi connectivity index (χ4v) is 4.76. The number of fused-ring (bicyclic) bond motifs is 1. The van der Waals surface area contributed by atoms with E-state index in [4.69, 9.17) is 4.74 Å². The summed E-state index contributed by atoms with van der Waals surface area (Å²) in [5.74, 6) is -0.523. The molecule has 0 aliphatic carbocycles. The molecule has 1 aliphatic rings. The second kappa shape index (κ2) is 9.71. The predicted octanol–water partition coefficient (Wildman–Crippen LogP) is 5.33. The number of nitrogens with one attached hydrogen (secondary N) is 1. The topological polar surface area (TPSA) is 65.1 Å². The second-order valence-electron chi connectivity index (χ2n) is 11.4. The zero-order valence-corrected chi connectivity index (χ0v) is 23.8. The Bertz CT molecular complexity index is 1390. The zero-order chi connectivity index (χ0) is 28.0. The monoisotopic (exact) mass is 514 g/mol. The van der Waals surface area contributed by atoms with Gasteiger partial charge in [0, 0.05) is 81.5 Å². The highest BCUT2D eigenvalue weighted by Gasteiger charge is 2.51. The summed E-state index contributed by atoms with van der Waals surface area (Å²) in [6, 6.07) is 19.5. The number of ether oxygens (including phenoxy) is 1. The molecule has 0 aromatic heterocycles. The van der Waals surface area contributed by atoms with Crippen LogP contribution in [0.15, 0.2) is 60.7 Å². The summed E-state index contributed by atoms with van der Waals surface area (Å²) in [6.45, 7) is 5.63. The van der Waals surface area contributed by atoms with Crippen LogP contribution in [-0.2, 0) is 15.1 Å². The van der Waals surface area contributed by atoms with Crippen LogP contribution in [0.5, 0.6) is 0 Å².